The van der Waals surface area contributed by atoms with Crippen LogP contribution in [0.25, 0.3) is 10.2 Å². The second-order valence-corrected chi connectivity index (χ2v) is 8.59. The molecule has 9 heteroatoms. The molecule has 0 aromatic carbocycles. The van der Waals surface area contributed by atoms with Crippen LogP contribution < -0.4 is 11.3 Å². The van der Waals surface area contributed by atoms with Crippen LogP contribution in [0, 0.1) is 12.8 Å². The van der Waals surface area contributed by atoms with E-state index in [2.05, 4.69) is 14.9 Å². The number of aromatic amines is 1. The zero-order chi connectivity index (χ0) is 21.1. The van der Waals surface area contributed by atoms with Crippen molar-refractivity contribution in [2.45, 2.75) is 52.5 Å². The summed E-state index contributed by atoms with van der Waals surface area (Å²) in [5, 5.41) is 0.451. The summed E-state index contributed by atoms with van der Waals surface area (Å²) in [6.07, 6.45) is 3.30. The van der Waals surface area contributed by atoms with Crippen LogP contribution in [0.5, 0.6) is 0 Å². The van der Waals surface area contributed by atoms with Crippen molar-refractivity contribution in [1.29, 1.82) is 0 Å². The number of piperidine rings is 1. The molecule has 3 rings (SSSR count). The van der Waals surface area contributed by atoms with Gasteiger partial charge >= 0.3 is 5.97 Å². The molecule has 1 fully saturated rings. The number of H-pyrrole nitrogens is 1. The number of rotatable bonds is 7. The van der Waals surface area contributed by atoms with Gasteiger partial charge in [-0.05, 0) is 58.1 Å². The number of ether oxygens (including phenoxy) is 1. The number of thiophene rings is 1. The van der Waals surface area contributed by atoms with Crippen LogP contribution in [-0.4, -0.2) is 46.4 Å². The van der Waals surface area contributed by atoms with Gasteiger partial charge < -0.3 is 15.5 Å². The molecule has 2 unspecified atom stereocenters. The number of nitrogens with two attached hydrogens (primary N) is 1. The maximum Gasteiger partial charge on any atom is 0.348 e. The normalized spacial score (nSPS) is 18.7. The van der Waals surface area contributed by atoms with E-state index >= 15 is 0 Å². The van der Waals surface area contributed by atoms with Gasteiger partial charge in [-0.3, -0.25) is 14.5 Å². The minimum absolute atomic E-state index is 0.0723. The molecule has 0 bridgehead atoms. The van der Waals surface area contributed by atoms with Gasteiger partial charge in [0, 0.05) is 13.0 Å². The Morgan fingerprint density at radius 1 is 1.45 bits per heavy atom. The van der Waals surface area contributed by atoms with Gasteiger partial charge in [-0.2, -0.15) is 0 Å². The molecule has 8 nitrogen and oxygen atoms in total. The van der Waals surface area contributed by atoms with Crippen molar-refractivity contribution in [3.8, 4) is 0 Å². The fourth-order valence-electron chi connectivity index (χ4n) is 3.95. The fourth-order valence-corrected chi connectivity index (χ4v) is 5.04. The number of carbonyl (C=O) groups is 2. The van der Waals surface area contributed by atoms with Crippen molar-refractivity contribution in [3.05, 3.63) is 26.6 Å². The molecule has 1 saturated heterocycles. The average molecular weight is 421 g/mol. The van der Waals surface area contributed by atoms with Gasteiger partial charge in [0.05, 0.1) is 18.0 Å². The Balaban J connectivity index is 1.84. The number of nitrogens with one attached hydrogen (secondary N) is 1. The van der Waals surface area contributed by atoms with E-state index in [9.17, 15) is 14.4 Å². The van der Waals surface area contributed by atoms with E-state index in [1.807, 2.05) is 6.92 Å². The Morgan fingerprint density at radius 2 is 2.21 bits per heavy atom. The van der Waals surface area contributed by atoms with Crippen molar-refractivity contribution >= 4 is 33.4 Å². The van der Waals surface area contributed by atoms with Crippen LogP contribution in [0.3, 0.4) is 0 Å². The third kappa shape index (κ3) is 4.67. The number of hydrogen-bond acceptors (Lipinski definition) is 7. The maximum absolute atomic E-state index is 12.7. The van der Waals surface area contributed by atoms with Crippen LogP contribution in [0.4, 0.5) is 0 Å². The van der Waals surface area contributed by atoms with Gasteiger partial charge in [0.1, 0.15) is 15.5 Å². The lowest BCUT2D eigenvalue weighted by Gasteiger charge is -2.36. The highest BCUT2D eigenvalue weighted by molar-refractivity contribution is 7.20. The molecule has 2 atom stereocenters. The number of likely N-dealkylation sites (tertiary alicyclic amines) is 1. The van der Waals surface area contributed by atoms with E-state index < -0.39 is 5.97 Å². The van der Waals surface area contributed by atoms with E-state index in [1.54, 1.807) is 13.8 Å². The van der Waals surface area contributed by atoms with Crippen LogP contribution in [0.2, 0.25) is 0 Å². The molecule has 29 heavy (non-hydrogen) atoms. The van der Waals surface area contributed by atoms with E-state index in [0.717, 1.165) is 32.4 Å². The van der Waals surface area contributed by atoms with Crippen molar-refractivity contribution in [1.82, 2.24) is 14.9 Å². The zero-order valence-electron chi connectivity index (χ0n) is 17.1. The summed E-state index contributed by atoms with van der Waals surface area (Å²) in [6.45, 7) is 7.55. The van der Waals surface area contributed by atoms with E-state index in [-0.39, 0.29) is 24.1 Å². The molecular weight excluding hydrogens is 392 g/mol. The number of aromatic nitrogens is 2. The Kier molecular flexibility index (Phi) is 6.69. The predicted molar refractivity (Wildman–Crippen MR) is 112 cm³/mol. The third-order valence-corrected chi connectivity index (χ3v) is 6.74. The molecule has 158 valence electrons. The first kappa shape index (κ1) is 21.4. The topological polar surface area (TPSA) is 118 Å². The molecular formula is C20H28N4O4S. The van der Waals surface area contributed by atoms with Crippen molar-refractivity contribution in [2.75, 3.05) is 19.7 Å². The van der Waals surface area contributed by atoms with E-state index in [0.29, 0.717) is 38.8 Å². The van der Waals surface area contributed by atoms with E-state index in [1.165, 1.54) is 11.3 Å². The van der Waals surface area contributed by atoms with Crippen molar-refractivity contribution in [2.24, 2.45) is 11.7 Å². The molecule has 0 aliphatic carbocycles. The highest BCUT2D eigenvalue weighted by atomic mass is 32.1. The summed E-state index contributed by atoms with van der Waals surface area (Å²) in [5.74, 6) is 0.315. The monoisotopic (exact) mass is 420 g/mol. The molecule has 3 N–H and O–H groups in total. The predicted octanol–water partition coefficient (Wildman–Crippen LogP) is 2.51. The molecule has 1 aliphatic heterocycles. The Hall–Kier alpha value is -2.26. The highest BCUT2D eigenvalue weighted by Crippen LogP contribution is 2.31. The third-order valence-electron chi connectivity index (χ3n) is 5.57. The van der Waals surface area contributed by atoms with Crippen LogP contribution in [-0.2, 0) is 9.53 Å². The lowest BCUT2D eigenvalue weighted by molar-refractivity contribution is -0.118. The summed E-state index contributed by atoms with van der Waals surface area (Å²) in [7, 11) is 0. The molecule has 0 radical (unpaired) electrons. The lowest BCUT2D eigenvalue weighted by atomic mass is 9.92. The van der Waals surface area contributed by atoms with Gasteiger partial charge in [-0.1, -0.05) is 0 Å². The van der Waals surface area contributed by atoms with Gasteiger partial charge in [0.2, 0.25) is 5.91 Å². The SMILES string of the molecule is CCOC(=O)c1sc2nc(C(C)N3CCCC(CCC(N)=O)C3)[nH]c(=O)c2c1C. The standard InChI is InChI=1S/C20H28N4O4S/c1-4-28-20(27)16-11(2)15-18(26)22-17(23-19(15)29-16)12(3)24-9-5-6-13(10-24)7-8-14(21)25/h12-13H,4-10H2,1-3H3,(H2,21,25)(H,22,23,26). The first-order valence-electron chi connectivity index (χ1n) is 10.0. The number of nitrogens with zero attached hydrogens (tertiary/aromatic N) is 2. The molecule has 2 aromatic heterocycles. The number of amides is 1. The minimum atomic E-state index is -0.421. The second kappa shape index (κ2) is 9.04. The minimum Gasteiger partial charge on any atom is -0.462 e. The number of carbonyl (C=O) groups excluding carboxylic acids is 2. The second-order valence-electron chi connectivity index (χ2n) is 7.59. The average Bonchev–Trinajstić information content (AvgIpc) is 3.03. The van der Waals surface area contributed by atoms with Gasteiger partial charge in [-0.25, -0.2) is 9.78 Å². The van der Waals surface area contributed by atoms with Gasteiger partial charge in [0.25, 0.3) is 5.56 Å². The summed E-state index contributed by atoms with van der Waals surface area (Å²) < 4.78 is 5.09. The highest BCUT2D eigenvalue weighted by Gasteiger charge is 2.27. The largest absolute Gasteiger partial charge is 0.462 e. The van der Waals surface area contributed by atoms with Gasteiger partial charge in [-0.15, -0.1) is 11.3 Å². The molecule has 1 aliphatic rings. The molecule has 2 aromatic rings. The van der Waals surface area contributed by atoms with Crippen LogP contribution in [0.1, 0.15) is 66.6 Å². The first-order valence-corrected chi connectivity index (χ1v) is 10.9. The number of hydrogen-bond donors (Lipinski definition) is 2. The Morgan fingerprint density at radius 3 is 2.90 bits per heavy atom. The quantitative estimate of drug-likeness (QED) is 0.665. The molecule has 0 spiro atoms. The summed E-state index contributed by atoms with van der Waals surface area (Å²) in [5.41, 5.74) is 5.66. The van der Waals surface area contributed by atoms with E-state index in [4.69, 9.17) is 10.5 Å². The molecule has 1 amide bonds. The van der Waals surface area contributed by atoms with Crippen molar-refractivity contribution < 1.29 is 14.3 Å². The van der Waals surface area contributed by atoms with Crippen LogP contribution in [0.15, 0.2) is 4.79 Å². The zero-order valence-corrected chi connectivity index (χ0v) is 17.9. The Labute approximate surface area is 173 Å². The number of primary amides is 1. The first-order chi connectivity index (χ1) is 13.8. The van der Waals surface area contributed by atoms with Crippen molar-refractivity contribution in [3.63, 3.8) is 0 Å². The maximum atomic E-state index is 12.7. The number of aryl methyl sites for hydroxylation is 1. The molecule has 3 heterocycles. The number of fused-ring (bicyclic) bond motifs is 1. The van der Waals surface area contributed by atoms with Crippen LogP contribution >= 0.6 is 11.3 Å². The lowest BCUT2D eigenvalue weighted by Crippen LogP contribution is -2.38. The Bertz CT molecular complexity index is 967. The fraction of sp³-hybridized carbons (Fsp3) is 0.600. The molecule has 0 saturated carbocycles. The van der Waals surface area contributed by atoms with Gasteiger partial charge in [0.15, 0.2) is 0 Å². The summed E-state index contributed by atoms with van der Waals surface area (Å²) in [6, 6.07) is -0.0723. The number of esters is 1. The smallest absolute Gasteiger partial charge is 0.348 e. The summed E-state index contributed by atoms with van der Waals surface area (Å²) >= 11 is 1.20. The summed E-state index contributed by atoms with van der Waals surface area (Å²) in [4.78, 5) is 46.8.